The maximum absolute atomic E-state index is 9.62. The van der Waals surface area contributed by atoms with E-state index in [1.807, 2.05) is 18.2 Å². The van der Waals surface area contributed by atoms with Gasteiger partial charge in [-0.3, -0.25) is 0 Å². The molecule has 1 saturated carbocycles. The van der Waals surface area contributed by atoms with Gasteiger partial charge in [0.15, 0.2) is 0 Å². The Morgan fingerprint density at radius 3 is 2.05 bits per heavy atom. The van der Waals surface area contributed by atoms with Gasteiger partial charge in [-0.2, -0.15) is 0 Å². The maximum atomic E-state index is 9.62. The van der Waals surface area contributed by atoms with Crippen molar-refractivity contribution in [1.29, 1.82) is 0 Å². The van der Waals surface area contributed by atoms with E-state index in [0.717, 1.165) is 18.4 Å². The average Bonchev–Trinajstić information content (AvgIpc) is 2.48. The van der Waals surface area contributed by atoms with Gasteiger partial charge < -0.3 is 10.8 Å². The Bertz CT molecular complexity index is 552. The second-order valence-corrected chi connectivity index (χ2v) is 5.84. The molecule has 2 aromatic rings. The van der Waals surface area contributed by atoms with Crippen LogP contribution in [0.3, 0.4) is 0 Å². The summed E-state index contributed by atoms with van der Waals surface area (Å²) in [4.78, 5) is 0. The van der Waals surface area contributed by atoms with E-state index in [4.69, 9.17) is 5.73 Å². The fourth-order valence-corrected chi connectivity index (χ4v) is 3.07. The topological polar surface area (TPSA) is 46.2 Å². The highest BCUT2D eigenvalue weighted by molar-refractivity contribution is 5.63. The van der Waals surface area contributed by atoms with Crippen LogP contribution in [0.15, 0.2) is 54.6 Å². The van der Waals surface area contributed by atoms with E-state index in [9.17, 15) is 5.11 Å². The van der Waals surface area contributed by atoms with Crippen LogP contribution in [0.5, 0.6) is 0 Å². The summed E-state index contributed by atoms with van der Waals surface area (Å²) in [5.74, 6) is 0. The molecule has 2 heteroatoms. The van der Waals surface area contributed by atoms with Crippen molar-refractivity contribution in [3.8, 4) is 11.1 Å². The van der Waals surface area contributed by atoms with E-state index in [2.05, 4.69) is 36.4 Å². The van der Waals surface area contributed by atoms with E-state index in [1.54, 1.807) is 0 Å². The van der Waals surface area contributed by atoms with Crippen molar-refractivity contribution in [2.45, 2.75) is 25.3 Å². The van der Waals surface area contributed by atoms with Gasteiger partial charge in [0, 0.05) is 11.5 Å². The molecule has 2 nitrogen and oxygen atoms in total. The molecular formula is C18H21NO. The SMILES string of the molecule is NC(c1ccc(-c2ccccc2)cc1)C1(CO)CCC1. The maximum Gasteiger partial charge on any atom is 0.0505 e. The van der Waals surface area contributed by atoms with Crippen molar-refractivity contribution < 1.29 is 5.11 Å². The Hall–Kier alpha value is -1.64. The number of nitrogens with two attached hydrogens (primary N) is 1. The van der Waals surface area contributed by atoms with Crippen LogP contribution in [0.25, 0.3) is 11.1 Å². The average molecular weight is 267 g/mol. The van der Waals surface area contributed by atoms with Crippen LogP contribution in [0.1, 0.15) is 30.9 Å². The number of aliphatic hydroxyl groups excluding tert-OH is 1. The highest BCUT2D eigenvalue weighted by Crippen LogP contribution is 2.48. The van der Waals surface area contributed by atoms with E-state index >= 15 is 0 Å². The van der Waals surface area contributed by atoms with Gasteiger partial charge in [0.25, 0.3) is 0 Å². The number of hydrogen-bond donors (Lipinski definition) is 2. The number of benzene rings is 2. The molecule has 3 N–H and O–H groups in total. The molecule has 0 spiro atoms. The van der Waals surface area contributed by atoms with Crippen LogP contribution in [0, 0.1) is 5.41 Å². The predicted octanol–water partition coefficient (Wildman–Crippen LogP) is 3.52. The molecule has 0 aliphatic heterocycles. The summed E-state index contributed by atoms with van der Waals surface area (Å²) in [6.45, 7) is 0.189. The molecule has 0 amide bonds. The summed E-state index contributed by atoms with van der Waals surface area (Å²) in [6, 6.07) is 18.7. The van der Waals surface area contributed by atoms with Gasteiger partial charge in [0.1, 0.15) is 0 Å². The second-order valence-electron chi connectivity index (χ2n) is 5.84. The van der Waals surface area contributed by atoms with Crippen molar-refractivity contribution in [3.05, 3.63) is 60.2 Å². The van der Waals surface area contributed by atoms with Gasteiger partial charge in [-0.25, -0.2) is 0 Å². The minimum Gasteiger partial charge on any atom is -0.396 e. The molecule has 1 aliphatic carbocycles. The van der Waals surface area contributed by atoms with Crippen LogP contribution >= 0.6 is 0 Å². The first-order valence-electron chi connectivity index (χ1n) is 7.27. The highest BCUT2D eigenvalue weighted by Gasteiger charge is 2.42. The van der Waals surface area contributed by atoms with Gasteiger partial charge >= 0.3 is 0 Å². The fraction of sp³-hybridized carbons (Fsp3) is 0.333. The third-order valence-electron chi connectivity index (χ3n) is 4.70. The van der Waals surface area contributed by atoms with Crippen molar-refractivity contribution in [3.63, 3.8) is 0 Å². The minimum atomic E-state index is -0.0890. The summed E-state index contributed by atoms with van der Waals surface area (Å²) in [5, 5.41) is 9.62. The molecule has 0 bridgehead atoms. The Labute approximate surface area is 120 Å². The Morgan fingerprint density at radius 2 is 1.55 bits per heavy atom. The monoisotopic (exact) mass is 267 g/mol. The summed E-state index contributed by atoms with van der Waals surface area (Å²) < 4.78 is 0. The Kier molecular flexibility index (Phi) is 3.60. The normalized spacial score (nSPS) is 18.3. The lowest BCUT2D eigenvalue weighted by atomic mass is 9.63. The van der Waals surface area contributed by atoms with E-state index in [-0.39, 0.29) is 18.1 Å². The third-order valence-corrected chi connectivity index (χ3v) is 4.70. The predicted molar refractivity (Wildman–Crippen MR) is 82.2 cm³/mol. The van der Waals surface area contributed by atoms with Crippen LogP contribution in [0.4, 0.5) is 0 Å². The van der Waals surface area contributed by atoms with Gasteiger partial charge in [0.2, 0.25) is 0 Å². The van der Waals surface area contributed by atoms with E-state index in [0.29, 0.717) is 0 Å². The van der Waals surface area contributed by atoms with Gasteiger partial charge in [-0.05, 0) is 29.5 Å². The van der Waals surface area contributed by atoms with Crippen LogP contribution in [-0.4, -0.2) is 11.7 Å². The first-order valence-corrected chi connectivity index (χ1v) is 7.27. The molecule has 2 aromatic carbocycles. The summed E-state index contributed by atoms with van der Waals surface area (Å²) in [6.07, 6.45) is 3.24. The fourth-order valence-electron chi connectivity index (χ4n) is 3.07. The minimum absolute atomic E-state index is 0.0638. The third kappa shape index (κ3) is 2.26. The number of hydrogen-bond acceptors (Lipinski definition) is 2. The van der Waals surface area contributed by atoms with E-state index < -0.39 is 0 Å². The van der Waals surface area contributed by atoms with Crippen LogP contribution in [0.2, 0.25) is 0 Å². The first-order chi connectivity index (χ1) is 9.75. The number of aliphatic hydroxyl groups is 1. The summed E-state index contributed by atoms with van der Waals surface area (Å²) in [5.41, 5.74) is 9.83. The van der Waals surface area contributed by atoms with Crippen molar-refractivity contribution in [2.75, 3.05) is 6.61 Å². The quantitative estimate of drug-likeness (QED) is 0.890. The highest BCUT2D eigenvalue weighted by atomic mass is 16.3. The van der Waals surface area contributed by atoms with Gasteiger partial charge in [-0.1, -0.05) is 61.0 Å². The molecular weight excluding hydrogens is 246 g/mol. The van der Waals surface area contributed by atoms with Crippen LogP contribution in [-0.2, 0) is 0 Å². The lowest BCUT2D eigenvalue weighted by Crippen LogP contribution is -2.43. The van der Waals surface area contributed by atoms with Gasteiger partial charge in [0.05, 0.1) is 6.61 Å². The molecule has 1 atom stereocenters. The molecule has 1 unspecified atom stereocenters. The molecule has 104 valence electrons. The first kappa shape index (κ1) is 13.3. The molecule has 0 saturated heterocycles. The molecule has 0 heterocycles. The zero-order valence-electron chi connectivity index (χ0n) is 11.6. The molecule has 20 heavy (non-hydrogen) atoms. The van der Waals surface area contributed by atoms with Crippen molar-refractivity contribution in [1.82, 2.24) is 0 Å². The Morgan fingerprint density at radius 1 is 0.950 bits per heavy atom. The van der Waals surface area contributed by atoms with Crippen LogP contribution < -0.4 is 5.73 Å². The Balaban J connectivity index is 1.83. The smallest absolute Gasteiger partial charge is 0.0505 e. The molecule has 3 rings (SSSR count). The summed E-state index contributed by atoms with van der Waals surface area (Å²) >= 11 is 0. The molecule has 0 aromatic heterocycles. The van der Waals surface area contributed by atoms with Crippen molar-refractivity contribution >= 4 is 0 Å². The lowest BCUT2D eigenvalue weighted by Gasteiger charge is -2.45. The number of rotatable bonds is 4. The standard InChI is InChI=1S/C18H21NO/c19-17(18(13-20)11-4-12-18)16-9-7-15(8-10-16)14-5-2-1-3-6-14/h1-3,5-10,17,20H,4,11-13,19H2. The van der Waals surface area contributed by atoms with E-state index in [1.165, 1.54) is 17.5 Å². The zero-order chi connectivity index (χ0) is 14.0. The molecule has 1 fully saturated rings. The lowest BCUT2D eigenvalue weighted by molar-refractivity contribution is 0.0184. The summed E-state index contributed by atoms with van der Waals surface area (Å²) in [7, 11) is 0. The molecule has 0 radical (unpaired) electrons. The van der Waals surface area contributed by atoms with Gasteiger partial charge in [-0.15, -0.1) is 0 Å². The molecule has 1 aliphatic rings. The largest absolute Gasteiger partial charge is 0.396 e. The van der Waals surface area contributed by atoms with Crippen molar-refractivity contribution in [2.24, 2.45) is 11.1 Å². The second kappa shape index (κ2) is 5.39. The zero-order valence-corrected chi connectivity index (χ0v) is 11.6.